The fraction of sp³-hybridized carbons (Fsp3) is 0.150. The van der Waals surface area contributed by atoms with E-state index >= 15 is 0 Å². The zero-order valence-electron chi connectivity index (χ0n) is 16.0. The number of hydrogen-bond acceptors (Lipinski definition) is 6. The van der Waals surface area contributed by atoms with Crippen LogP contribution in [0.1, 0.15) is 10.4 Å². The van der Waals surface area contributed by atoms with Crippen LogP contribution in [-0.4, -0.2) is 37.1 Å². The normalized spacial score (nSPS) is 11.3. The molecule has 12 heteroatoms. The van der Waals surface area contributed by atoms with Gasteiger partial charge < -0.3 is 20.1 Å². The molecular weight excluding hydrogens is 443 g/mol. The van der Waals surface area contributed by atoms with E-state index in [0.717, 1.165) is 0 Å². The minimum atomic E-state index is -5.04. The first kappa shape index (κ1) is 24.3. The Balaban J connectivity index is 1.98. The van der Waals surface area contributed by atoms with Crippen molar-refractivity contribution < 1.29 is 45.8 Å². The predicted molar refractivity (Wildman–Crippen MR) is 102 cm³/mol. The lowest BCUT2D eigenvalue weighted by atomic mass is 10.2. The molecule has 0 fully saturated rings. The highest BCUT2D eigenvalue weighted by Crippen LogP contribution is 2.25. The Kier molecular flexibility index (Phi) is 8.27. The van der Waals surface area contributed by atoms with E-state index in [9.17, 15) is 36.3 Å². The second-order valence-electron chi connectivity index (χ2n) is 5.88. The Bertz CT molecular complexity index is 1010. The molecule has 0 aliphatic heterocycles. The molecule has 0 atom stereocenters. The van der Waals surface area contributed by atoms with Crippen LogP contribution in [0, 0.1) is 0 Å². The van der Waals surface area contributed by atoms with Crippen molar-refractivity contribution in [3.8, 4) is 5.75 Å². The van der Waals surface area contributed by atoms with Crippen LogP contribution in [0.5, 0.6) is 5.75 Å². The van der Waals surface area contributed by atoms with Gasteiger partial charge in [-0.15, -0.1) is 0 Å². The number of rotatable bonds is 9. The number of nitrogens with one attached hydrogen (secondary N) is 2. The van der Waals surface area contributed by atoms with E-state index in [1.807, 2.05) is 0 Å². The molecule has 32 heavy (non-hydrogen) atoms. The van der Waals surface area contributed by atoms with Crippen molar-refractivity contribution in [1.82, 2.24) is 0 Å². The summed E-state index contributed by atoms with van der Waals surface area (Å²) in [7, 11) is 0. The number of alkyl halides is 5. The van der Waals surface area contributed by atoms with E-state index in [1.54, 1.807) is 0 Å². The van der Waals surface area contributed by atoms with Gasteiger partial charge in [-0.2, -0.15) is 22.0 Å². The van der Waals surface area contributed by atoms with E-state index in [2.05, 4.69) is 15.4 Å². The van der Waals surface area contributed by atoms with Crippen LogP contribution in [0.3, 0.4) is 0 Å². The second kappa shape index (κ2) is 10.9. The summed E-state index contributed by atoms with van der Waals surface area (Å²) in [5.41, 5.74) is -0.193. The number of benzene rings is 2. The van der Waals surface area contributed by atoms with Gasteiger partial charge in [0.2, 0.25) is 0 Å². The maximum atomic E-state index is 12.4. The number of para-hydroxylation sites is 3. The van der Waals surface area contributed by atoms with Gasteiger partial charge >= 0.3 is 18.8 Å². The molecule has 1 amide bonds. The highest BCUT2D eigenvalue weighted by molar-refractivity contribution is 5.99. The molecule has 0 saturated carbocycles. The van der Waals surface area contributed by atoms with E-state index in [4.69, 9.17) is 4.74 Å². The average Bonchev–Trinajstić information content (AvgIpc) is 2.72. The third kappa shape index (κ3) is 7.38. The summed E-state index contributed by atoms with van der Waals surface area (Å²) in [4.78, 5) is 35.1. The highest BCUT2D eigenvalue weighted by atomic mass is 19.4. The van der Waals surface area contributed by atoms with Crippen molar-refractivity contribution in [3.05, 3.63) is 66.4 Å². The molecule has 7 nitrogen and oxygen atoms in total. The minimum absolute atomic E-state index is 0.0137. The summed E-state index contributed by atoms with van der Waals surface area (Å²) >= 11 is 0. The maximum Gasteiger partial charge on any atom is 0.454 e. The molecule has 2 N–H and O–H groups in total. The summed E-state index contributed by atoms with van der Waals surface area (Å²) in [6.45, 7) is -3.91. The first-order chi connectivity index (χ1) is 15.1. The van der Waals surface area contributed by atoms with Crippen LogP contribution < -0.4 is 15.4 Å². The van der Waals surface area contributed by atoms with Gasteiger partial charge in [0.25, 0.3) is 11.7 Å². The van der Waals surface area contributed by atoms with Crippen LogP contribution in [0.25, 0.3) is 0 Å². The van der Waals surface area contributed by atoms with Crippen LogP contribution in [0.4, 0.5) is 33.3 Å². The van der Waals surface area contributed by atoms with E-state index in [-0.39, 0.29) is 28.8 Å². The van der Waals surface area contributed by atoms with Gasteiger partial charge in [-0.25, -0.2) is 4.79 Å². The van der Waals surface area contributed by atoms with Crippen molar-refractivity contribution in [2.75, 3.05) is 17.2 Å². The van der Waals surface area contributed by atoms with Crippen molar-refractivity contribution in [2.45, 2.75) is 12.8 Å². The van der Waals surface area contributed by atoms with Gasteiger partial charge in [-0.05, 0) is 24.3 Å². The largest absolute Gasteiger partial charge is 0.454 e. The molecule has 0 heterocycles. The third-order valence-electron chi connectivity index (χ3n) is 3.61. The van der Waals surface area contributed by atoms with Crippen molar-refractivity contribution in [1.29, 1.82) is 0 Å². The van der Waals surface area contributed by atoms with Gasteiger partial charge in [0, 0.05) is 12.3 Å². The molecule has 0 aromatic heterocycles. The summed E-state index contributed by atoms with van der Waals surface area (Å²) in [5, 5.41) is 4.61. The van der Waals surface area contributed by atoms with Gasteiger partial charge in [-0.3, -0.25) is 9.59 Å². The molecule has 0 saturated heterocycles. The number of amides is 1. The fourth-order valence-corrected chi connectivity index (χ4v) is 2.25. The first-order valence-corrected chi connectivity index (χ1v) is 8.72. The molecule has 0 radical (unpaired) electrons. The minimum Gasteiger partial charge on any atom is -0.452 e. The molecule has 0 bridgehead atoms. The summed E-state index contributed by atoms with van der Waals surface area (Å²) < 4.78 is 70.6. The summed E-state index contributed by atoms with van der Waals surface area (Å²) in [6, 6.07) is 10.9. The number of hydrogen-bond donors (Lipinski definition) is 2. The lowest BCUT2D eigenvalue weighted by Gasteiger charge is -2.12. The van der Waals surface area contributed by atoms with Crippen molar-refractivity contribution in [3.63, 3.8) is 0 Å². The highest BCUT2D eigenvalue weighted by Gasteiger charge is 2.36. The Morgan fingerprint density at radius 1 is 0.969 bits per heavy atom. The van der Waals surface area contributed by atoms with Crippen LogP contribution in [0.15, 0.2) is 60.8 Å². The molecular formula is C20H15F5N2O5. The molecule has 0 spiro atoms. The number of carbonyl (C=O) groups excluding carboxylic acids is 3. The van der Waals surface area contributed by atoms with Gasteiger partial charge in [0.05, 0.1) is 16.9 Å². The van der Waals surface area contributed by atoms with E-state index < -0.39 is 37.1 Å². The monoisotopic (exact) mass is 458 g/mol. The van der Waals surface area contributed by atoms with Crippen molar-refractivity contribution in [2.24, 2.45) is 0 Å². The van der Waals surface area contributed by atoms with Gasteiger partial charge in [-0.1, -0.05) is 24.3 Å². The van der Waals surface area contributed by atoms with Crippen LogP contribution in [-0.2, 0) is 14.3 Å². The Labute approximate surface area is 177 Å². The third-order valence-corrected chi connectivity index (χ3v) is 3.61. The quantitative estimate of drug-likeness (QED) is 0.333. The Morgan fingerprint density at radius 3 is 2.25 bits per heavy atom. The number of esters is 1. The fourth-order valence-electron chi connectivity index (χ4n) is 2.25. The number of allylic oxidation sites excluding steroid dienone is 1. The molecule has 2 aromatic rings. The lowest BCUT2D eigenvalue weighted by molar-refractivity contribution is -0.165. The Hall–Kier alpha value is -3.96. The number of carbonyl (C=O) groups is 3. The molecule has 2 rings (SSSR count). The van der Waals surface area contributed by atoms with Crippen LogP contribution in [0.2, 0.25) is 0 Å². The number of halogens is 5. The molecule has 0 aliphatic rings. The lowest BCUT2D eigenvalue weighted by Crippen LogP contribution is -2.22. The zero-order valence-corrected chi connectivity index (χ0v) is 16.0. The topological polar surface area (TPSA) is 93.7 Å². The molecule has 170 valence electrons. The van der Waals surface area contributed by atoms with E-state index in [1.165, 1.54) is 48.5 Å². The standard InChI is InChI=1S/C20H15F5N2O5/c21-19(22)32-15-8-4-3-7-14(15)27-17(29)11-31-18(30)12-5-1-2-6-13(12)26-10-9-16(28)20(23,24)25/h1-10,19,26H,11H2,(H,27,29). The summed E-state index contributed by atoms with van der Waals surface area (Å²) in [6.07, 6.45) is -4.09. The van der Waals surface area contributed by atoms with Gasteiger partial charge in [0.15, 0.2) is 6.61 Å². The SMILES string of the molecule is O=C(COC(=O)c1ccccc1NC=CC(=O)C(F)(F)F)Nc1ccccc1OC(F)F. The van der Waals surface area contributed by atoms with Crippen molar-refractivity contribution >= 4 is 29.0 Å². The second-order valence-corrected chi connectivity index (χ2v) is 5.88. The number of ketones is 1. The maximum absolute atomic E-state index is 12.4. The van der Waals surface area contributed by atoms with E-state index in [0.29, 0.717) is 6.20 Å². The smallest absolute Gasteiger partial charge is 0.452 e. The number of ether oxygens (including phenoxy) is 2. The average molecular weight is 458 g/mol. The number of anilines is 2. The van der Waals surface area contributed by atoms with Gasteiger partial charge in [0.1, 0.15) is 5.75 Å². The first-order valence-electron chi connectivity index (χ1n) is 8.72. The molecule has 0 unspecified atom stereocenters. The zero-order chi connectivity index (χ0) is 23.7. The molecule has 2 aromatic carbocycles. The molecule has 0 aliphatic carbocycles. The van der Waals surface area contributed by atoms with Crippen LogP contribution >= 0.6 is 0 Å². The Morgan fingerprint density at radius 2 is 1.59 bits per heavy atom. The predicted octanol–water partition coefficient (Wildman–Crippen LogP) is 4.14. The summed E-state index contributed by atoms with van der Waals surface area (Å²) in [5.74, 6) is -4.25.